The summed E-state index contributed by atoms with van der Waals surface area (Å²) in [5.41, 5.74) is 2.03. The van der Waals surface area contributed by atoms with Gasteiger partial charge >= 0.3 is 5.97 Å². The van der Waals surface area contributed by atoms with Gasteiger partial charge in [0.05, 0.1) is 11.4 Å². The summed E-state index contributed by atoms with van der Waals surface area (Å²) in [7, 11) is 0. The number of aromatic carboxylic acids is 1. The molecule has 0 atom stereocenters. The molecule has 0 aliphatic carbocycles. The molecule has 5 nitrogen and oxygen atoms in total. The van der Waals surface area contributed by atoms with E-state index in [2.05, 4.69) is 10.3 Å². The van der Waals surface area contributed by atoms with E-state index in [1.807, 2.05) is 31.2 Å². The first-order valence-corrected chi connectivity index (χ1v) is 7.37. The first kappa shape index (κ1) is 15.2. The number of carboxylic acid groups (broad SMARTS) is 1. The minimum atomic E-state index is -1.06. The highest BCUT2D eigenvalue weighted by atomic mass is 32.2. The monoisotopic (exact) mass is 304 g/mol. The summed E-state index contributed by atoms with van der Waals surface area (Å²) < 4.78 is 0. The topological polar surface area (TPSA) is 82.2 Å². The number of aromatic amines is 1. The Balaban J connectivity index is 2.00. The highest BCUT2D eigenvalue weighted by Crippen LogP contribution is 2.23. The fourth-order valence-corrected chi connectivity index (χ4v) is 2.78. The Kier molecular flexibility index (Phi) is 4.70. The van der Waals surface area contributed by atoms with Crippen LogP contribution in [0.5, 0.6) is 0 Å². The molecule has 0 radical (unpaired) electrons. The summed E-state index contributed by atoms with van der Waals surface area (Å²) in [6.45, 7) is 3.64. The smallest absolute Gasteiger partial charge is 0.339 e. The van der Waals surface area contributed by atoms with Crippen LogP contribution in [0.1, 0.15) is 21.6 Å². The number of anilines is 1. The normalized spacial score (nSPS) is 10.4. The van der Waals surface area contributed by atoms with E-state index in [4.69, 9.17) is 5.11 Å². The largest absolute Gasteiger partial charge is 0.478 e. The van der Waals surface area contributed by atoms with Gasteiger partial charge in [0.15, 0.2) is 0 Å². The molecule has 2 aromatic rings. The third kappa shape index (κ3) is 3.66. The Bertz CT molecular complexity index is 679. The van der Waals surface area contributed by atoms with E-state index in [0.717, 1.165) is 10.5 Å². The summed E-state index contributed by atoms with van der Waals surface area (Å²) in [5.74, 6) is -1.06. The molecule has 1 heterocycles. The molecule has 0 aliphatic rings. The third-order valence-electron chi connectivity index (χ3n) is 3.02. The number of benzene rings is 1. The van der Waals surface area contributed by atoms with E-state index in [0.29, 0.717) is 11.4 Å². The van der Waals surface area contributed by atoms with Gasteiger partial charge in [-0.2, -0.15) is 0 Å². The van der Waals surface area contributed by atoms with Crippen LogP contribution in [0.3, 0.4) is 0 Å². The molecule has 0 fully saturated rings. The number of hydrogen-bond acceptors (Lipinski definition) is 3. The third-order valence-corrected chi connectivity index (χ3v) is 4.19. The Labute approximate surface area is 126 Å². The molecular formula is C15H16N2O3S. The van der Waals surface area contributed by atoms with Crippen molar-refractivity contribution in [2.75, 3.05) is 11.1 Å². The average molecular weight is 304 g/mol. The van der Waals surface area contributed by atoms with Gasteiger partial charge in [0.2, 0.25) is 5.91 Å². The second-order valence-electron chi connectivity index (χ2n) is 4.61. The number of aryl methyl sites for hydroxylation is 2. The van der Waals surface area contributed by atoms with E-state index in [1.54, 1.807) is 6.92 Å². The minimum absolute atomic E-state index is 0.101. The predicted molar refractivity (Wildman–Crippen MR) is 83.0 cm³/mol. The number of hydrogen-bond donors (Lipinski definition) is 3. The molecule has 0 aliphatic heterocycles. The van der Waals surface area contributed by atoms with Crippen molar-refractivity contribution in [3.8, 4) is 0 Å². The van der Waals surface area contributed by atoms with Crippen molar-refractivity contribution < 1.29 is 14.7 Å². The highest BCUT2D eigenvalue weighted by Gasteiger charge is 2.17. The number of carbonyl (C=O) groups excluding carboxylic acids is 1. The molecule has 1 aromatic carbocycles. The lowest BCUT2D eigenvalue weighted by Gasteiger charge is -2.06. The van der Waals surface area contributed by atoms with Gasteiger partial charge in [-0.1, -0.05) is 18.2 Å². The number of H-pyrrole nitrogens is 1. The molecule has 21 heavy (non-hydrogen) atoms. The van der Waals surface area contributed by atoms with Crippen LogP contribution in [-0.4, -0.2) is 27.7 Å². The van der Waals surface area contributed by atoms with Gasteiger partial charge in [0.25, 0.3) is 0 Å². The van der Waals surface area contributed by atoms with Gasteiger partial charge in [0.1, 0.15) is 5.56 Å². The lowest BCUT2D eigenvalue weighted by atomic mass is 10.2. The van der Waals surface area contributed by atoms with Crippen LogP contribution in [-0.2, 0) is 4.79 Å². The summed E-state index contributed by atoms with van der Waals surface area (Å²) in [6, 6.07) is 7.81. The molecule has 1 amide bonds. The van der Waals surface area contributed by atoms with E-state index in [-0.39, 0.29) is 17.2 Å². The SMILES string of the molecule is Cc1ccccc1SCC(=O)Nc1c[nH]c(C)c1C(=O)O. The van der Waals surface area contributed by atoms with Crippen LogP contribution in [0.15, 0.2) is 35.4 Å². The quantitative estimate of drug-likeness (QED) is 0.741. The average Bonchev–Trinajstić information content (AvgIpc) is 2.79. The molecular weight excluding hydrogens is 288 g/mol. The minimum Gasteiger partial charge on any atom is -0.478 e. The van der Waals surface area contributed by atoms with Crippen LogP contribution in [0.4, 0.5) is 5.69 Å². The zero-order valence-electron chi connectivity index (χ0n) is 11.8. The first-order valence-electron chi connectivity index (χ1n) is 6.38. The number of carbonyl (C=O) groups is 2. The molecule has 6 heteroatoms. The summed E-state index contributed by atoms with van der Waals surface area (Å²) in [6.07, 6.45) is 1.50. The summed E-state index contributed by atoms with van der Waals surface area (Å²) in [4.78, 5) is 26.9. The molecule has 0 unspecified atom stereocenters. The maximum absolute atomic E-state index is 11.9. The van der Waals surface area contributed by atoms with E-state index in [9.17, 15) is 9.59 Å². The first-order chi connectivity index (χ1) is 9.99. The number of aromatic nitrogens is 1. The molecule has 3 N–H and O–H groups in total. The highest BCUT2D eigenvalue weighted by molar-refractivity contribution is 8.00. The lowest BCUT2D eigenvalue weighted by molar-refractivity contribution is -0.113. The second kappa shape index (κ2) is 6.49. The van der Waals surface area contributed by atoms with Crippen molar-refractivity contribution in [2.24, 2.45) is 0 Å². The number of nitrogens with one attached hydrogen (secondary N) is 2. The van der Waals surface area contributed by atoms with Crippen LogP contribution in [0.2, 0.25) is 0 Å². The van der Waals surface area contributed by atoms with E-state index >= 15 is 0 Å². The van der Waals surface area contributed by atoms with Crippen LogP contribution in [0.25, 0.3) is 0 Å². The fraction of sp³-hybridized carbons (Fsp3) is 0.200. The fourth-order valence-electron chi connectivity index (χ4n) is 1.95. The Morgan fingerprint density at radius 2 is 2.00 bits per heavy atom. The molecule has 2 rings (SSSR count). The Hall–Kier alpha value is -2.21. The molecule has 110 valence electrons. The molecule has 1 aromatic heterocycles. The molecule has 0 bridgehead atoms. The van der Waals surface area contributed by atoms with Crippen LogP contribution >= 0.6 is 11.8 Å². The van der Waals surface area contributed by atoms with Crippen molar-refractivity contribution >= 4 is 29.3 Å². The van der Waals surface area contributed by atoms with Crippen molar-refractivity contribution in [3.63, 3.8) is 0 Å². The number of thioether (sulfide) groups is 1. The van der Waals surface area contributed by atoms with E-state index < -0.39 is 5.97 Å². The summed E-state index contributed by atoms with van der Waals surface area (Å²) >= 11 is 1.43. The maximum Gasteiger partial charge on any atom is 0.339 e. The van der Waals surface area contributed by atoms with Gasteiger partial charge in [-0.3, -0.25) is 4.79 Å². The number of rotatable bonds is 5. The number of carboxylic acids is 1. The lowest BCUT2D eigenvalue weighted by Crippen LogP contribution is -2.15. The van der Waals surface area contributed by atoms with Crippen molar-refractivity contribution in [1.29, 1.82) is 0 Å². The van der Waals surface area contributed by atoms with Crippen LogP contribution < -0.4 is 5.32 Å². The Morgan fingerprint density at radius 3 is 2.67 bits per heavy atom. The van der Waals surface area contributed by atoms with Gasteiger partial charge < -0.3 is 15.4 Å². The zero-order valence-corrected chi connectivity index (χ0v) is 12.6. The van der Waals surface area contributed by atoms with Crippen molar-refractivity contribution in [1.82, 2.24) is 4.98 Å². The van der Waals surface area contributed by atoms with Gasteiger partial charge in [-0.25, -0.2) is 4.79 Å². The van der Waals surface area contributed by atoms with Crippen LogP contribution in [0, 0.1) is 13.8 Å². The zero-order chi connectivity index (χ0) is 15.4. The van der Waals surface area contributed by atoms with Gasteiger partial charge in [-0.15, -0.1) is 11.8 Å². The predicted octanol–water partition coefficient (Wildman–Crippen LogP) is 3.06. The second-order valence-corrected chi connectivity index (χ2v) is 5.63. The van der Waals surface area contributed by atoms with Crippen molar-refractivity contribution in [2.45, 2.75) is 18.7 Å². The Morgan fingerprint density at radius 1 is 1.29 bits per heavy atom. The standard InChI is InChI=1S/C15H16N2O3S/c1-9-5-3-4-6-12(9)21-8-13(18)17-11-7-16-10(2)14(11)15(19)20/h3-7,16H,8H2,1-2H3,(H,17,18)(H,19,20). The molecule has 0 spiro atoms. The maximum atomic E-state index is 11.9. The number of amides is 1. The van der Waals surface area contributed by atoms with Crippen molar-refractivity contribution in [3.05, 3.63) is 47.3 Å². The van der Waals surface area contributed by atoms with Gasteiger partial charge in [0, 0.05) is 16.8 Å². The molecule has 0 saturated carbocycles. The van der Waals surface area contributed by atoms with Gasteiger partial charge in [-0.05, 0) is 25.5 Å². The van der Waals surface area contributed by atoms with E-state index in [1.165, 1.54) is 18.0 Å². The summed E-state index contributed by atoms with van der Waals surface area (Å²) in [5, 5.41) is 11.7. The molecule has 0 saturated heterocycles.